The van der Waals surface area contributed by atoms with E-state index in [1.807, 2.05) is 6.92 Å². The Hall–Kier alpha value is -2.07. The average Bonchev–Trinajstić information content (AvgIpc) is 3.17. The van der Waals surface area contributed by atoms with Crippen molar-refractivity contribution in [3.63, 3.8) is 0 Å². The molecule has 1 unspecified atom stereocenters. The Labute approximate surface area is 149 Å². The van der Waals surface area contributed by atoms with Crippen LogP contribution in [0, 0.1) is 5.92 Å². The van der Waals surface area contributed by atoms with E-state index >= 15 is 0 Å². The number of methoxy groups -OCH3 is 1. The summed E-state index contributed by atoms with van der Waals surface area (Å²) in [6, 6.07) is 0. The average molecular weight is 370 g/mol. The lowest BCUT2D eigenvalue weighted by Gasteiger charge is -2.24. The number of carbonyl (C=O) groups excluding carboxylic acids is 3. The standard InChI is InChI=1S/C15H22N4O5S/c1-5-24-8-10-17-18-14(25-10)19-7-9(6-11(19)20)12(21)16-15(2,3)13(22)23-4/h9H,5-8H2,1-4H3,(H,16,21). The molecule has 2 rings (SSSR count). The fourth-order valence-corrected chi connectivity index (χ4v) is 3.19. The van der Waals surface area contributed by atoms with E-state index in [4.69, 9.17) is 4.74 Å². The smallest absolute Gasteiger partial charge is 0.330 e. The van der Waals surface area contributed by atoms with E-state index < -0.39 is 17.4 Å². The van der Waals surface area contributed by atoms with Crippen molar-refractivity contribution in [1.29, 1.82) is 0 Å². The Kier molecular flexibility index (Phi) is 6.07. The van der Waals surface area contributed by atoms with Crippen LogP contribution in [0.25, 0.3) is 0 Å². The van der Waals surface area contributed by atoms with Crippen LogP contribution in [-0.2, 0) is 30.5 Å². The highest BCUT2D eigenvalue weighted by atomic mass is 32.1. The maximum absolute atomic E-state index is 12.4. The van der Waals surface area contributed by atoms with Crippen molar-refractivity contribution in [1.82, 2.24) is 15.5 Å². The Morgan fingerprint density at radius 1 is 1.40 bits per heavy atom. The molecule has 2 heterocycles. The molecular formula is C15H22N4O5S. The van der Waals surface area contributed by atoms with Gasteiger partial charge in [-0.05, 0) is 20.8 Å². The molecule has 0 saturated carbocycles. The Balaban J connectivity index is 2.00. The summed E-state index contributed by atoms with van der Waals surface area (Å²) >= 11 is 1.26. The summed E-state index contributed by atoms with van der Waals surface area (Å²) in [5.74, 6) is -1.68. The van der Waals surface area contributed by atoms with Gasteiger partial charge in [0.1, 0.15) is 17.2 Å². The van der Waals surface area contributed by atoms with Crippen molar-refractivity contribution in [3.05, 3.63) is 5.01 Å². The lowest BCUT2D eigenvalue weighted by atomic mass is 10.0. The summed E-state index contributed by atoms with van der Waals surface area (Å²) in [4.78, 5) is 37.8. The van der Waals surface area contributed by atoms with Gasteiger partial charge < -0.3 is 14.8 Å². The van der Waals surface area contributed by atoms with Crippen LogP contribution in [0.4, 0.5) is 5.13 Å². The number of anilines is 1. The van der Waals surface area contributed by atoms with Crippen LogP contribution in [0.2, 0.25) is 0 Å². The molecule has 25 heavy (non-hydrogen) atoms. The molecule has 1 saturated heterocycles. The lowest BCUT2D eigenvalue weighted by Crippen LogP contribution is -2.52. The monoisotopic (exact) mass is 370 g/mol. The fourth-order valence-electron chi connectivity index (χ4n) is 2.39. The van der Waals surface area contributed by atoms with Gasteiger partial charge in [-0.2, -0.15) is 0 Å². The van der Waals surface area contributed by atoms with E-state index in [0.29, 0.717) is 23.4 Å². The molecule has 1 aliphatic rings. The van der Waals surface area contributed by atoms with Crippen LogP contribution < -0.4 is 10.2 Å². The predicted octanol–water partition coefficient (Wildman–Crippen LogP) is 0.495. The van der Waals surface area contributed by atoms with E-state index in [1.54, 1.807) is 13.8 Å². The van der Waals surface area contributed by atoms with E-state index in [2.05, 4.69) is 20.3 Å². The Morgan fingerprint density at radius 2 is 2.12 bits per heavy atom. The van der Waals surface area contributed by atoms with E-state index in [1.165, 1.54) is 23.3 Å². The minimum atomic E-state index is -1.16. The molecule has 1 atom stereocenters. The summed E-state index contributed by atoms with van der Waals surface area (Å²) in [6.45, 7) is 6.09. The largest absolute Gasteiger partial charge is 0.467 e. The Morgan fingerprint density at radius 3 is 2.76 bits per heavy atom. The van der Waals surface area contributed by atoms with Gasteiger partial charge in [0, 0.05) is 19.6 Å². The van der Waals surface area contributed by atoms with Gasteiger partial charge in [0.25, 0.3) is 0 Å². The van der Waals surface area contributed by atoms with Gasteiger partial charge in [-0.1, -0.05) is 11.3 Å². The molecule has 9 nitrogen and oxygen atoms in total. The van der Waals surface area contributed by atoms with Gasteiger partial charge in [0.2, 0.25) is 16.9 Å². The first-order valence-corrected chi connectivity index (χ1v) is 8.71. The zero-order valence-electron chi connectivity index (χ0n) is 14.7. The number of esters is 1. The normalized spacial score (nSPS) is 17.7. The molecule has 0 aromatic carbocycles. The highest BCUT2D eigenvalue weighted by molar-refractivity contribution is 7.15. The number of carbonyl (C=O) groups is 3. The van der Waals surface area contributed by atoms with Crippen molar-refractivity contribution in [2.45, 2.75) is 39.3 Å². The van der Waals surface area contributed by atoms with Gasteiger partial charge in [-0.15, -0.1) is 10.2 Å². The molecule has 0 bridgehead atoms. The fraction of sp³-hybridized carbons (Fsp3) is 0.667. The maximum atomic E-state index is 12.4. The summed E-state index contributed by atoms with van der Waals surface area (Å²) in [6.07, 6.45) is 0.0590. The predicted molar refractivity (Wildman–Crippen MR) is 89.9 cm³/mol. The van der Waals surface area contributed by atoms with E-state index in [0.717, 1.165) is 0 Å². The van der Waals surface area contributed by atoms with Crippen molar-refractivity contribution in [3.8, 4) is 0 Å². The number of nitrogens with zero attached hydrogens (tertiary/aromatic N) is 3. The highest BCUT2D eigenvalue weighted by Gasteiger charge is 2.40. The van der Waals surface area contributed by atoms with Gasteiger partial charge >= 0.3 is 5.97 Å². The quantitative estimate of drug-likeness (QED) is 0.696. The van der Waals surface area contributed by atoms with Crippen LogP contribution in [0.1, 0.15) is 32.2 Å². The van der Waals surface area contributed by atoms with Gasteiger partial charge in [0.05, 0.1) is 13.0 Å². The molecule has 10 heteroatoms. The summed E-state index contributed by atoms with van der Waals surface area (Å²) < 4.78 is 9.93. The van der Waals surface area contributed by atoms with Crippen LogP contribution in [0.3, 0.4) is 0 Å². The molecular weight excluding hydrogens is 348 g/mol. The number of hydrogen-bond donors (Lipinski definition) is 1. The molecule has 1 aromatic heterocycles. The number of nitrogens with one attached hydrogen (secondary N) is 1. The van der Waals surface area contributed by atoms with Crippen LogP contribution in [-0.4, -0.2) is 53.8 Å². The van der Waals surface area contributed by atoms with Crippen LogP contribution in [0.5, 0.6) is 0 Å². The number of ether oxygens (including phenoxy) is 2. The first kappa shape index (κ1) is 19.3. The van der Waals surface area contributed by atoms with Crippen LogP contribution >= 0.6 is 11.3 Å². The van der Waals surface area contributed by atoms with E-state index in [9.17, 15) is 14.4 Å². The molecule has 2 amide bonds. The first-order valence-electron chi connectivity index (χ1n) is 7.89. The van der Waals surface area contributed by atoms with Crippen molar-refractivity contribution < 1.29 is 23.9 Å². The molecule has 0 radical (unpaired) electrons. The zero-order valence-corrected chi connectivity index (χ0v) is 15.5. The second kappa shape index (κ2) is 7.87. The summed E-state index contributed by atoms with van der Waals surface area (Å²) in [5, 5.41) is 11.7. The molecule has 1 aromatic rings. The third-order valence-corrected chi connectivity index (χ3v) is 4.66. The number of rotatable bonds is 7. The van der Waals surface area contributed by atoms with Gasteiger partial charge in [-0.25, -0.2) is 4.79 Å². The zero-order chi connectivity index (χ0) is 18.6. The first-order chi connectivity index (χ1) is 11.8. The highest BCUT2D eigenvalue weighted by Crippen LogP contribution is 2.28. The number of amides is 2. The minimum Gasteiger partial charge on any atom is -0.467 e. The SMILES string of the molecule is CCOCc1nnc(N2CC(C(=O)NC(C)(C)C(=O)OC)CC2=O)s1. The third-order valence-electron chi connectivity index (χ3n) is 3.74. The maximum Gasteiger partial charge on any atom is 0.330 e. The second-order valence-corrected chi connectivity index (χ2v) is 7.17. The Bertz CT molecular complexity index is 660. The third kappa shape index (κ3) is 4.51. The van der Waals surface area contributed by atoms with Gasteiger partial charge in [-0.3, -0.25) is 14.5 Å². The number of hydrogen-bond acceptors (Lipinski definition) is 8. The van der Waals surface area contributed by atoms with Crippen molar-refractivity contribution in [2.24, 2.45) is 5.92 Å². The molecule has 0 spiro atoms. The molecule has 1 aliphatic heterocycles. The number of aromatic nitrogens is 2. The van der Waals surface area contributed by atoms with E-state index in [-0.39, 0.29) is 24.8 Å². The summed E-state index contributed by atoms with van der Waals surface area (Å²) in [7, 11) is 1.26. The second-order valence-electron chi connectivity index (χ2n) is 6.13. The molecule has 0 aliphatic carbocycles. The topological polar surface area (TPSA) is 111 Å². The minimum absolute atomic E-state index is 0.0590. The van der Waals surface area contributed by atoms with Crippen LogP contribution in [0.15, 0.2) is 0 Å². The van der Waals surface area contributed by atoms with Crippen molar-refractivity contribution >= 4 is 34.3 Å². The van der Waals surface area contributed by atoms with Crippen molar-refractivity contribution in [2.75, 3.05) is 25.2 Å². The molecule has 138 valence electrons. The molecule has 1 N–H and O–H groups in total. The van der Waals surface area contributed by atoms with Gasteiger partial charge in [0.15, 0.2) is 0 Å². The lowest BCUT2D eigenvalue weighted by molar-refractivity contribution is -0.149. The molecule has 1 fully saturated rings. The summed E-state index contributed by atoms with van der Waals surface area (Å²) in [5.41, 5.74) is -1.16.